The molecule has 0 aliphatic rings. The zero-order chi connectivity index (χ0) is 17.7. The Bertz CT molecular complexity index is 704. The van der Waals surface area contributed by atoms with Crippen LogP contribution in [-0.2, 0) is 11.2 Å². The second-order valence-corrected chi connectivity index (χ2v) is 5.68. The lowest BCUT2D eigenvalue weighted by molar-refractivity contribution is 0.201. The second-order valence-electron chi connectivity index (χ2n) is 5.68. The molecule has 0 aliphatic carbocycles. The van der Waals surface area contributed by atoms with E-state index in [1.54, 1.807) is 14.2 Å². The van der Waals surface area contributed by atoms with E-state index in [-0.39, 0.29) is 17.7 Å². The summed E-state index contributed by atoms with van der Waals surface area (Å²) in [6.45, 7) is 4.75. The number of rotatable bonds is 7. The van der Waals surface area contributed by atoms with Gasteiger partial charge in [-0.3, -0.25) is 0 Å². The van der Waals surface area contributed by atoms with Crippen molar-refractivity contribution >= 4 is 11.8 Å². The van der Waals surface area contributed by atoms with Crippen molar-refractivity contribution < 1.29 is 14.2 Å². The normalized spacial score (nSPS) is 10.9. The third-order valence-corrected chi connectivity index (χ3v) is 3.63. The molecule has 0 amide bonds. The third-order valence-electron chi connectivity index (χ3n) is 3.63. The Morgan fingerprint density at radius 2 is 1.83 bits per heavy atom. The molecule has 0 saturated heterocycles. The van der Waals surface area contributed by atoms with Crippen molar-refractivity contribution in [2.45, 2.75) is 26.2 Å². The van der Waals surface area contributed by atoms with Gasteiger partial charge in [0, 0.05) is 18.2 Å². The Balaban J connectivity index is 2.45. The maximum absolute atomic E-state index is 5.97. The Kier molecular flexibility index (Phi) is 5.81. The monoisotopic (exact) mass is 332 g/mol. The SMILES string of the molecule is COCCc1cc(Oc2cnc(N)nc2N)c(C(C)C)cc1OC. The Morgan fingerprint density at radius 1 is 1.08 bits per heavy atom. The molecule has 7 nitrogen and oxygen atoms in total. The molecule has 0 radical (unpaired) electrons. The van der Waals surface area contributed by atoms with Crippen molar-refractivity contribution in [2.75, 3.05) is 32.3 Å². The Morgan fingerprint density at radius 3 is 2.42 bits per heavy atom. The first-order valence-corrected chi connectivity index (χ1v) is 7.71. The molecule has 2 rings (SSSR count). The fraction of sp³-hybridized carbons (Fsp3) is 0.412. The third kappa shape index (κ3) is 4.05. The molecule has 1 heterocycles. The zero-order valence-corrected chi connectivity index (χ0v) is 14.5. The second kappa shape index (κ2) is 7.83. The van der Waals surface area contributed by atoms with Crippen LogP contribution in [0.25, 0.3) is 0 Å². The summed E-state index contributed by atoms with van der Waals surface area (Å²) in [6.07, 6.45) is 2.18. The molecule has 7 heteroatoms. The molecule has 1 aromatic heterocycles. The molecular formula is C17H24N4O3. The van der Waals surface area contributed by atoms with Crippen molar-refractivity contribution in [2.24, 2.45) is 0 Å². The summed E-state index contributed by atoms with van der Waals surface area (Å²) in [6, 6.07) is 3.93. The van der Waals surface area contributed by atoms with Gasteiger partial charge >= 0.3 is 0 Å². The van der Waals surface area contributed by atoms with Gasteiger partial charge < -0.3 is 25.7 Å². The van der Waals surface area contributed by atoms with E-state index >= 15 is 0 Å². The smallest absolute Gasteiger partial charge is 0.222 e. The van der Waals surface area contributed by atoms with E-state index in [1.165, 1.54) is 6.20 Å². The first kappa shape index (κ1) is 17.8. The molecule has 0 aliphatic heterocycles. The minimum Gasteiger partial charge on any atom is -0.496 e. The molecule has 0 fully saturated rings. The minimum absolute atomic E-state index is 0.111. The largest absolute Gasteiger partial charge is 0.496 e. The maximum Gasteiger partial charge on any atom is 0.222 e. The van der Waals surface area contributed by atoms with E-state index in [9.17, 15) is 0 Å². The van der Waals surface area contributed by atoms with Crippen LogP contribution in [0.3, 0.4) is 0 Å². The van der Waals surface area contributed by atoms with Gasteiger partial charge in [-0.2, -0.15) is 4.98 Å². The highest BCUT2D eigenvalue weighted by Gasteiger charge is 2.16. The molecular weight excluding hydrogens is 308 g/mol. The number of nitrogen functional groups attached to an aromatic ring is 2. The Hall–Kier alpha value is -2.54. The number of methoxy groups -OCH3 is 2. The Labute approximate surface area is 142 Å². The highest BCUT2D eigenvalue weighted by atomic mass is 16.5. The van der Waals surface area contributed by atoms with Crippen LogP contribution in [0, 0.1) is 0 Å². The molecule has 0 atom stereocenters. The van der Waals surface area contributed by atoms with Crippen LogP contribution >= 0.6 is 0 Å². The average molecular weight is 332 g/mol. The minimum atomic E-state index is 0.111. The lowest BCUT2D eigenvalue weighted by Gasteiger charge is -2.18. The van der Waals surface area contributed by atoms with Crippen LogP contribution in [0.4, 0.5) is 11.8 Å². The quantitative estimate of drug-likeness (QED) is 0.803. The van der Waals surface area contributed by atoms with Gasteiger partial charge in [0.1, 0.15) is 11.5 Å². The summed E-state index contributed by atoms with van der Waals surface area (Å²) in [5.74, 6) is 2.42. The van der Waals surface area contributed by atoms with Crippen LogP contribution in [0.2, 0.25) is 0 Å². The number of aromatic nitrogens is 2. The number of ether oxygens (including phenoxy) is 3. The van der Waals surface area contributed by atoms with Crippen molar-refractivity contribution in [1.82, 2.24) is 9.97 Å². The van der Waals surface area contributed by atoms with E-state index in [0.29, 0.717) is 24.5 Å². The average Bonchev–Trinajstić information content (AvgIpc) is 2.55. The zero-order valence-electron chi connectivity index (χ0n) is 14.5. The van der Waals surface area contributed by atoms with E-state index in [1.807, 2.05) is 12.1 Å². The van der Waals surface area contributed by atoms with Crippen LogP contribution in [-0.4, -0.2) is 30.8 Å². The highest BCUT2D eigenvalue weighted by Crippen LogP contribution is 2.37. The molecule has 130 valence electrons. The summed E-state index contributed by atoms with van der Waals surface area (Å²) < 4.78 is 16.6. The van der Waals surface area contributed by atoms with Gasteiger partial charge in [0.2, 0.25) is 5.95 Å². The predicted molar refractivity (Wildman–Crippen MR) is 93.6 cm³/mol. The summed E-state index contributed by atoms with van der Waals surface area (Å²) in [4.78, 5) is 7.86. The van der Waals surface area contributed by atoms with Crippen molar-refractivity contribution in [3.05, 3.63) is 29.5 Å². The van der Waals surface area contributed by atoms with Crippen LogP contribution in [0.5, 0.6) is 17.2 Å². The molecule has 1 aromatic carbocycles. The molecule has 0 saturated carbocycles. The van der Waals surface area contributed by atoms with E-state index < -0.39 is 0 Å². The standard InChI is InChI=1S/C17H24N4O3/c1-10(2)12-8-13(23-4)11(5-6-22-3)7-14(12)24-15-9-20-17(19)21-16(15)18/h7-10H,5-6H2,1-4H3,(H4,18,19,20,21). The fourth-order valence-corrected chi connectivity index (χ4v) is 2.35. The first-order valence-electron chi connectivity index (χ1n) is 7.71. The molecule has 0 bridgehead atoms. The van der Waals surface area contributed by atoms with Gasteiger partial charge in [0.05, 0.1) is 19.9 Å². The summed E-state index contributed by atoms with van der Waals surface area (Å²) in [5.41, 5.74) is 13.4. The van der Waals surface area contributed by atoms with Crippen LogP contribution in [0.1, 0.15) is 30.9 Å². The molecule has 2 aromatic rings. The van der Waals surface area contributed by atoms with Gasteiger partial charge in [-0.25, -0.2) is 4.98 Å². The van der Waals surface area contributed by atoms with E-state index in [0.717, 1.165) is 16.9 Å². The van der Waals surface area contributed by atoms with Crippen LogP contribution in [0.15, 0.2) is 18.3 Å². The topological polar surface area (TPSA) is 106 Å². The van der Waals surface area contributed by atoms with E-state index in [4.69, 9.17) is 25.7 Å². The summed E-state index contributed by atoms with van der Waals surface area (Å²) >= 11 is 0. The van der Waals surface area contributed by atoms with Gasteiger partial charge in [-0.1, -0.05) is 13.8 Å². The lowest BCUT2D eigenvalue weighted by Crippen LogP contribution is -2.04. The van der Waals surface area contributed by atoms with Crippen molar-refractivity contribution in [3.8, 4) is 17.2 Å². The summed E-state index contributed by atoms with van der Waals surface area (Å²) in [5, 5.41) is 0. The van der Waals surface area contributed by atoms with E-state index in [2.05, 4.69) is 23.8 Å². The van der Waals surface area contributed by atoms with Crippen molar-refractivity contribution in [3.63, 3.8) is 0 Å². The molecule has 0 unspecified atom stereocenters. The summed E-state index contributed by atoms with van der Waals surface area (Å²) in [7, 11) is 3.32. The fourth-order valence-electron chi connectivity index (χ4n) is 2.35. The van der Waals surface area contributed by atoms with Gasteiger partial charge in [-0.05, 0) is 24.5 Å². The number of anilines is 2. The van der Waals surface area contributed by atoms with Gasteiger partial charge in [0.25, 0.3) is 0 Å². The number of hydrogen-bond donors (Lipinski definition) is 2. The molecule has 0 spiro atoms. The van der Waals surface area contributed by atoms with Crippen molar-refractivity contribution in [1.29, 1.82) is 0 Å². The lowest BCUT2D eigenvalue weighted by atomic mass is 9.98. The predicted octanol–water partition coefficient (Wildman–Crippen LogP) is 2.75. The number of nitrogens with zero attached hydrogens (tertiary/aromatic N) is 2. The van der Waals surface area contributed by atoms with Gasteiger partial charge in [0.15, 0.2) is 11.6 Å². The van der Waals surface area contributed by atoms with Crippen LogP contribution < -0.4 is 20.9 Å². The maximum atomic E-state index is 5.97. The number of nitrogens with two attached hydrogens (primary N) is 2. The number of benzene rings is 1. The number of hydrogen-bond acceptors (Lipinski definition) is 7. The highest BCUT2D eigenvalue weighted by molar-refractivity contribution is 5.53. The van der Waals surface area contributed by atoms with Gasteiger partial charge in [-0.15, -0.1) is 0 Å². The molecule has 4 N–H and O–H groups in total. The first-order chi connectivity index (χ1) is 11.5. The molecule has 24 heavy (non-hydrogen) atoms.